The molecule has 0 amide bonds. The Morgan fingerprint density at radius 3 is 2.61 bits per heavy atom. The molecule has 0 aromatic heterocycles. The Morgan fingerprint density at radius 1 is 1.17 bits per heavy atom. The largest absolute Gasteiger partial charge is 0.358 e. The summed E-state index contributed by atoms with van der Waals surface area (Å²) in [6.45, 7) is 4.06. The zero-order valence-corrected chi connectivity index (χ0v) is 14.4. The molecule has 6 heteroatoms. The molecule has 0 aromatic rings. The number of hydrogen-bond donors (Lipinski definition) is 0. The van der Waals surface area contributed by atoms with E-state index in [-0.39, 0.29) is 0 Å². The van der Waals surface area contributed by atoms with Gasteiger partial charge < -0.3 is 9.64 Å². The molecule has 0 aromatic carbocycles. The van der Waals surface area contributed by atoms with Gasteiger partial charge in [0, 0.05) is 39.0 Å². The van der Waals surface area contributed by atoms with E-state index in [1.54, 1.807) is 10.4 Å². The predicted octanol–water partition coefficient (Wildman–Crippen LogP) is 2.08. The third-order valence-corrected chi connectivity index (χ3v) is 7.51. The van der Waals surface area contributed by atoms with Crippen molar-refractivity contribution in [3.8, 4) is 0 Å². The lowest BCUT2D eigenvalue weighted by molar-refractivity contribution is -0.0907. The van der Waals surface area contributed by atoms with Gasteiger partial charge in [-0.2, -0.15) is 4.31 Å². The van der Waals surface area contributed by atoms with Gasteiger partial charge in [0.05, 0.1) is 11.5 Å². The molecule has 128 valence electrons. The van der Waals surface area contributed by atoms with Gasteiger partial charge in [0.1, 0.15) is 5.72 Å². The smallest absolute Gasteiger partial charge is 0.245 e. The van der Waals surface area contributed by atoms with E-state index < -0.39 is 15.7 Å². The molecule has 2 saturated heterocycles. The van der Waals surface area contributed by atoms with E-state index in [9.17, 15) is 8.42 Å². The van der Waals surface area contributed by atoms with Crippen LogP contribution in [0.5, 0.6) is 0 Å². The monoisotopic (exact) mass is 338 g/mol. The summed E-state index contributed by atoms with van der Waals surface area (Å²) < 4.78 is 33.7. The van der Waals surface area contributed by atoms with Crippen LogP contribution in [0.15, 0.2) is 23.1 Å². The number of hydrogen-bond acceptors (Lipinski definition) is 4. The first-order valence-corrected chi connectivity index (χ1v) is 10.3. The molecule has 5 nitrogen and oxygen atoms in total. The summed E-state index contributed by atoms with van der Waals surface area (Å²) in [6.07, 6.45) is 11.6. The SMILES string of the molecule is O=S(=O)(C1=CCCC=C1)N1CCOC12CCN(CC1CC1)CC2. The van der Waals surface area contributed by atoms with E-state index in [1.165, 1.54) is 19.4 Å². The highest BCUT2D eigenvalue weighted by molar-refractivity contribution is 7.93. The Hall–Kier alpha value is -0.690. The summed E-state index contributed by atoms with van der Waals surface area (Å²) in [5, 5.41) is 0. The van der Waals surface area contributed by atoms with Crippen molar-refractivity contribution < 1.29 is 13.2 Å². The van der Waals surface area contributed by atoms with E-state index in [0.29, 0.717) is 18.1 Å². The van der Waals surface area contributed by atoms with Crippen LogP contribution in [0.3, 0.4) is 0 Å². The predicted molar refractivity (Wildman–Crippen MR) is 89.2 cm³/mol. The summed E-state index contributed by atoms with van der Waals surface area (Å²) in [4.78, 5) is 2.93. The first-order chi connectivity index (χ1) is 11.1. The van der Waals surface area contributed by atoms with Crippen LogP contribution >= 0.6 is 0 Å². The second-order valence-corrected chi connectivity index (χ2v) is 9.06. The van der Waals surface area contributed by atoms with Crippen molar-refractivity contribution in [2.75, 3.05) is 32.8 Å². The van der Waals surface area contributed by atoms with Crippen LogP contribution in [0.2, 0.25) is 0 Å². The molecule has 23 heavy (non-hydrogen) atoms. The Bertz CT molecular complexity index is 614. The van der Waals surface area contributed by atoms with Crippen molar-refractivity contribution in [2.45, 2.75) is 44.2 Å². The quantitative estimate of drug-likeness (QED) is 0.787. The van der Waals surface area contributed by atoms with E-state index in [0.717, 1.165) is 44.7 Å². The molecule has 4 aliphatic rings. The van der Waals surface area contributed by atoms with Gasteiger partial charge in [-0.25, -0.2) is 8.42 Å². The van der Waals surface area contributed by atoms with Crippen LogP contribution in [0.4, 0.5) is 0 Å². The molecular formula is C17H26N2O3S. The van der Waals surface area contributed by atoms with Crippen molar-refractivity contribution in [3.05, 3.63) is 23.1 Å². The summed E-state index contributed by atoms with van der Waals surface area (Å²) >= 11 is 0. The molecule has 4 rings (SSSR count). The maximum atomic E-state index is 13.0. The van der Waals surface area contributed by atoms with Crippen molar-refractivity contribution in [1.29, 1.82) is 0 Å². The highest BCUT2D eigenvalue weighted by Gasteiger charge is 2.50. The Morgan fingerprint density at radius 2 is 1.96 bits per heavy atom. The molecule has 0 unspecified atom stereocenters. The highest BCUT2D eigenvalue weighted by Crippen LogP contribution is 2.39. The number of allylic oxidation sites excluding steroid dienone is 3. The van der Waals surface area contributed by atoms with Gasteiger partial charge in [-0.1, -0.05) is 12.2 Å². The normalized spacial score (nSPS) is 29.1. The van der Waals surface area contributed by atoms with E-state index in [4.69, 9.17) is 4.74 Å². The number of ether oxygens (including phenoxy) is 1. The topological polar surface area (TPSA) is 49.9 Å². The van der Waals surface area contributed by atoms with Crippen LogP contribution < -0.4 is 0 Å². The number of likely N-dealkylation sites (tertiary alicyclic amines) is 1. The van der Waals surface area contributed by atoms with E-state index in [1.807, 2.05) is 12.2 Å². The van der Waals surface area contributed by atoms with Crippen molar-refractivity contribution >= 4 is 10.0 Å². The van der Waals surface area contributed by atoms with Crippen molar-refractivity contribution in [3.63, 3.8) is 0 Å². The van der Waals surface area contributed by atoms with Gasteiger partial charge >= 0.3 is 0 Å². The molecule has 0 N–H and O–H groups in total. The fourth-order valence-corrected chi connectivity index (χ4v) is 5.83. The lowest BCUT2D eigenvalue weighted by atomic mass is 10.0. The van der Waals surface area contributed by atoms with Crippen molar-refractivity contribution in [2.24, 2.45) is 5.92 Å². The van der Waals surface area contributed by atoms with Crippen LogP contribution in [-0.2, 0) is 14.8 Å². The number of piperidine rings is 1. The van der Waals surface area contributed by atoms with E-state index >= 15 is 0 Å². The number of sulfonamides is 1. The lowest BCUT2D eigenvalue weighted by Crippen LogP contribution is -2.55. The molecule has 0 bridgehead atoms. The van der Waals surface area contributed by atoms with Crippen LogP contribution in [0, 0.1) is 5.92 Å². The summed E-state index contributed by atoms with van der Waals surface area (Å²) in [5.41, 5.74) is -0.606. The molecule has 0 atom stereocenters. The second kappa shape index (κ2) is 5.99. The highest BCUT2D eigenvalue weighted by atomic mass is 32.2. The Labute approximate surface area is 139 Å². The van der Waals surface area contributed by atoms with Gasteiger partial charge in [0.2, 0.25) is 10.0 Å². The third-order valence-electron chi connectivity index (χ3n) is 5.52. The fourth-order valence-electron chi connectivity index (χ4n) is 3.99. The zero-order valence-electron chi connectivity index (χ0n) is 13.6. The zero-order chi connectivity index (χ0) is 15.9. The lowest BCUT2D eigenvalue weighted by Gasteiger charge is -2.43. The van der Waals surface area contributed by atoms with Crippen LogP contribution in [-0.4, -0.2) is 56.1 Å². The van der Waals surface area contributed by atoms with Crippen LogP contribution in [0.1, 0.15) is 38.5 Å². The minimum Gasteiger partial charge on any atom is -0.358 e. The van der Waals surface area contributed by atoms with Crippen LogP contribution in [0.25, 0.3) is 0 Å². The Balaban J connectivity index is 1.50. The maximum Gasteiger partial charge on any atom is 0.245 e. The number of nitrogens with zero attached hydrogens (tertiary/aromatic N) is 2. The summed E-state index contributed by atoms with van der Waals surface area (Å²) in [7, 11) is -3.43. The van der Waals surface area contributed by atoms with Crippen molar-refractivity contribution in [1.82, 2.24) is 9.21 Å². The average Bonchev–Trinajstić information content (AvgIpc) is 3.29. The van der Waals surface area contributed by atoms with E-state index in [2.05, 4.69) is 4.90 Å². The van der Waals surface area contributed by atoms with Gasteiger partial charge in [0.25, 0.3) is 0 Å². The standard InChI is InChI=1S/C17H26N2O3S/c20-23(21,16-4-2-1-3-5-16)19-12-13-22-17(19)8-10-18(11-9-17)14-15-6-7-15/h2,4-5,15H,1,3,6-14H2. The Kier molecular flexibility index (Phi) is 4.12. The van der Waals surface area contributed by atoms with Gasteiger partial charge in [0.15, 0.2) is 0 Å². The molecule has 0 radical (unpaired) electrons. The second-order valence-electron chi connectivity index (χ2n) is 7.20. The fraction of sp³-hybridized carbons (Fsp3) is 0.765. The first-order valence-electron chi connectivity index (χ1n) is 8.86. The minimum absolute atomic E-state index is 0.453. The minimum atomic E-state index is -3.43. The third kappa shape index (κ3) is 3.02. The van der Waals surface area contributed by atoms with Gasteiger partial charge in [-0.15, -0.1) is 0 Å². The average molecular weight is 338 g/mol. The van der Waals surface area contributed by atoms with Gasteiger partial charge in [-0.05, 0) is 37.7 Å². The molecule has 2 aliphatic carbocycles. The maximum absolute atomic E-state index is 13.0. The number of rotatable bonds is 4. The molecule has 3 fully saturated rings. The molecule has 1 spiro atoms. The molecule has 2 heterocycles. The summed E-state index contributed by atoms with van der Waals surface area (Å²) in [6, 6.07) is 0. The molecule has 2 aliphatic heterocycles. The molecule has 1 saturated carbocycles. The molecular weight excluding hydrogens is 312 g/mol. The van der Waals surface area contributed by atoms with Gasteiger partial charge in [-0.3, -0.25) is 0 Å². The summed E-state index contributed by atoms with van der Waals surface area (Å²) in [5.74, 6) is 0.880. The first kappa shape index (κ1) is 15.8.